The first-order valence-corrected chi connectivity index (χ1v) is 56.2. The van der Waals surface area contributed by atoms with E-state index in [4.69, 9.17) is 98.0 Å². The van der Waals surface area contributed by atoms with Crippen molar-refractivity contribution in [3.63, 3.8) is 0 Å². The highest BCUT2D eigenvalue weighted by atomic mass is 35.5. The zero-order valence-corrected chi connectivity index (χ0v) is 90.7. The molecule has 12 nitrogen and oxygen atoms in total. The van der Waals surface area contributed by atoms with Crippen molar-refractivity contribution in [1.29, 1.82) is 0 Å². The van der Waals surface area contributed by atoms with Crippen molar-refractivity contribution in [2.24, 2.45) is 73.9 Å². The normalized spacial score (nSPS) is 38.5. The summed E-state index contributed by atoms with van der Waals surface area (Å²) in [5, 5.41) is 2.41. The maximum absolute atomic E-state index is 15.0. The first-order chi connectivity index (χ1) is 70.1. The summed E-state index contributed by atoms with van der Waals surface area (Å²) in [6.45, 7) is 0. The van der Waals surface area contributed by atoms with Crippen LogP contribution in [0.3, 0.4) is 0 Å². The van der Waals surface area contributed by atoms with E-state index >= 15 is 48.3 Å². The molecule has 0 aliphatic heterocycles. The summed E-state index contributed by atoms with van der Waals surface area (Å²) in [5.41, 5.74) is -14.6. The van der Waals surface area contributed by atoms with Crippen molar-refractivity contribution in [3.05, 3.63) is 173 Å². The van der Waals surface area contributed by atoms with Gasteiger partial charge in [0.25, 0.3) is 0 Å². The second kappa shape index (κ2) is 40.9. The third-order valence-corrected chi connectivity index (χ3v) is 40.5. The minimum atomic E-state index is -1.78. The van der Waals surface area contributed by atoms with Gasteiger partial charge >= 0.3 is 0 Å². The molecule has 0 radical (unpaired) electrons. The molecule has 10 unspecified atom stereocenters. The molecule has 0 saturated heterocycles. The van der Waals surface area contributed by atoms with E-state index in [0.29, 0.717) is 244 Å². The maximum Gasteiger partial charge on any atom is 0.164 e. The van der Waals surface area contributed by atoms with Crippen LogP contribution in [0.25, 0.3) is 0 Å². The molecular formula is C120H139Cl6F11O12. The molecule has 24 fully saturated rings. The average Bonchev–Trinajstić information content (AvgIpc) is 0.690. The van der Waals surface area contributed by atoms with Crippen LogP contribution in [0, 0.1) is 73.9 Å². The highest BCUT2D eigenvalue weighted by Gasteiger charge is 2.72. The molecule has 0 heterocycles. The van der Waals surface area contributed by atoms with Gasteiger partial charge in [-0.05, 0) is 414 Å². The molecule has 0 amide bonds. The van der Waals surface area contributed by atoms with E-state index in [-0.39, 0.29) is 169 Å². The van der Waals surface area contributed by atoms with E-state index in [1.807, 2.05) is 0 Å². The van der Waals surface area contributed by atoms with E-state index in [9.17, 15) is 28.8 Å². The van der Waals surface area contributed by atoms with Crippen LogP contribution in [0.4, 0.5) is 48.3 Å². The lowest BCUT2D eigenvalue weighted by Crippen LogP contribution is -2.65. The fourth-order valence-electron chi connectivity index (χ4n) is 36.2. The molecule has 30 rings (SSSR count). The number of benzene rings is 6. The standard InChI is InChI=1S/C20H22ClF3O2.3C20H23ClF2O2.2C20H24ClFO2/c1-26-13-2-3-15(21)14(6-13)16(25)4-5-17-7-18(22)10-19(23,8-17)12-20(24,9-17)11-18;3*1-25-14-2-3-16(21)15(6-14)17(24)4-5-18-7-13-8-19(22,10-18)12-20(23,9-13)11-18;2*1-24-15-2-3-17(21)16(7-15)18(23)4-5-19-8-13-6-14(9-19)11-20(22,10-13)12-19/h2-3,6H,4-5,7-12H2,1H3;3*2-3,6,13H,4-5,7-12H2,1H3;2*2-3,7,13-14H,4-6,8-12H2,1H3. The van der Waals surface area contributed by atoms with Gasteiger partial charge in [0, 0.05) is 110 Å². The molecule has 24 bridgehead atoms. The second-order valence-electron chi connectivity index (χ2n) is 51.3. The fourth-order valence-corrected chi connectivity index (χ4v) is 37.5. The molecule has 6 aromatic carbocycles. The Morgan fingerprint density at radius 3 is 0.544 bits per heavy atom. The Labute approximate surface area is 898 Å². The van der Waals surface area contributed by atoms with Crippen LogP contribution < -0.4 is 28.4 Å². The SMILES string of the molecule is COc1ccc(Cl)c(C(=O)CCC23CC4(F)CC(F)(CC(F)(C4)C2)C3)c1.COc1ccc(Cl)c(C(=O)CCC23CC4CC(CC(F)(C4)C2)C3)c1.COc1ccc(Cl)c(C(=O)CCC23CC4CC(CC(F)(C4)C2)C3)c1.COc1ccc(Cl)c(C(=O)CCC23CC4CC(F)(CC(F)(C4)C2)C3)c1.COc1ccc(Cl)c(C(=O)CCC23CC4CC(F)(CC(F)(C4)C2)C3)c1.COc1ccc(Cl)c(C(=O)CCC23CC4CC(F)(CC(F)(C4)C2)C3)c1. The van der Waals surface area contributed by atoms with Gasteiger partial charge in [0.15, 0.2) is 34.7 Å². The minimum absolute atomic E-state index is 0.0415. The van der Waals surface area contributed by atoms with Gasteiger partial charge in [-0.2, -0.15) is 0 Å². The summed E-state index contributed by atoms with van der Waals surface area (Å²) >= 11 is 36.9. The number of carbonyl (C=O) groups is 6. The van der Waals surface area contributed by atoms with Crippen molar-refractivity contribution in [2.75, 3.05) is 42.7 Å². The number of ketones is 6. The number of halogens is 17. The summed E-state index contributed by atoms with van der Waals surface area (Å²) < 4.78 is 196. The van der Waals surface area contributed by atoms with Crippen molar-refractivity contribution < 1.29 is 105 Å². The van der Waals surface area contributed by atoms with Crippen molar-refractivity contribution >= 4 is 104 Å². The Morgan fingerprint density at radius 2 is 0.362 bits per heavy atom. The Morgan fingerprint density at radius 1 is 0.208 bits per heavy atom. The third kappa shape index (κ3) is 23.9. The fraction of sp³-hybridized carbons (Fsp3) is 0.650. The van der Waals surface area contributed by atoms with Crippen molar-refractivity contribution in [2.45, 2.75) is 371 Å². The molecular weight excluding hydrogens is 2060 g/mol. The average molecular weight is 2200 g/mol. The topological polar surface area (TPSA) is 158 Å². The van der Waals surface area contributed by atoms with Crippen LogP contribution in [0.1, 0.15) is 370 Å². The first kappa shape index (κ1) is 110. The summed E-state index contributed by atoms with van der Waals surface area (Å²) in [7, 11) is 9.26. The number of hydrogen-bond donors (Lipinski definition) is 0. The highest BCUT2D eigenvalue weighted by molar-refractivity contribution is 6.36. The third-order valence-electron chi connectivity index (χ3n) is 38.5. The number of methoxy groups -OCH3 is 6. The Balaban J connectivity index is 0.000000112. The molecule has 24 aliphatic carbocycles. The lowest BCUT2D eigenvalue weighted by Gasteiger charge is -2.63. The zero-order chi connectivity index (χ0) is 106. The van der Waals surface area contributed by atoms with Gasteiger partial charge in [0.2, 0.25) is 0 Å². The van der Waals surface area contributed by atoms with Gasteiger partial charge in [-0.15, -0.1) is 0 Å². The lowest BCUT2D eigenvalue weighted by atomic mass is 9.45. The molecule has 6 aromatic rings. The summed E-state index contributed by atoms with van der Waals surface area (Å²) in [6, 6.07) is 30.1. The van der Waals surface area contributed by atoms with Crippen LogP contribution in [0.5, 0.6) is 34.5 Å². The molecule has 810 valence electrons. The molecule has 29 heteroatoms. The number of hydrogen-bond acceptors (Lipinski definition) is 12. The summed E-state index contributed by atoms with van der Waals surface area (Å²) in [5.74, 6) is 5.67. The Bertz CT molecular complexity index is 5600. The largest absolute Gasteiger partial charge is 0.497 e. The second-order valence-corrected chi connectivity index (χ2v) is 53.7. The highest BCUT2D eigenvalue weighted by Crippen LogP contribution is 2.74. The minimum Gasteiger partial charge on any atom is -0.497 e. The molecule has 24 aliphatic rings. The maximum atomic E-state index is 15.0. The number of ether oxygens (including phenoxy) is 6. The van der Waals surface area contributed by atoms with Gasteiger partial charge in [0.05, 0.1) is 72.8 Å². The zero-order valence-electron chi connectivity index (χ0n) is 86.2. The Hall–Kier alpha value is -6.89. The van der Waals surface area contributed by atoms with Crippen molar-refractivity contribution in [1.82, 2.24) is 0 Å². The molecule has 0 N–H and O–H groups in total. The van der Waals surface area contributed by atoms with Crippen LogP contribution >= 0.6 is 69.6 Å². The van der Waals surface area contributed by atoms with E-state index in [0.717, 1.165) is 83.5 Å². The number of rotatable bonds is 30. The van der Waals surface area contributed by atoms with E-state index in [2.05, 4.69) is 0 Å². The van der Waals surface area contributed by atoms with E-state index in [1.54, 1.807) is 123 Å². The predicted molar refractivity (Wildman–Crippen MR) is 557 cm³/mol. The quantitative estimate of drug-likeness (QED) is 0.0311. The molecule has 0 aromatic heterocycles. The van der Waals surface area contributed by atoms with Gasteiger partial charge in [-0.3, -0.25) is 28.8 Å². The van der Waals surface area contributed by atoms with Gasteiger partial charge in [-0.25, -0.2) is 48.3 Å². The lowest BCUT2D eigenvalue weighted by molar-refractivity contribution is -0.218. The van der Waals surface area contributed by atoms with Crippen LogP contribution in [-0.2, 0) is 0 Å². The van der Waals surface area contributed by atoms with E-state index in [1.165, 1.54) is 41.3 Å². The van der Waals surface area contributed by atoms with E-state index < -0.39 is 67.8 Å². The van der Waals surface area contributed by atoms with Crippen LogP contribution in [0.2, 0.25) is 30.1 Å². The monoisotopic (exact) mass is 2190 g/mol. The molecule has 24 saturated carbocycles. The van der Waals surface area contributed by atoms with Gasteiger partial charge in [0.1, 0.15) is 96.9 Å². The molecule has 10 atom stereocenters. The van der Waals surface area contributed by atoms with Crippen LogP contribution in [-0.4, -0.2) is 140 Å². The molecule has 149 heavy (non-hydrogen) atoms. The summed E-state index contributed by atoms with van der Waals surface area (Å²) in [4.78, 5) is 76.0. The number of alkyl halides is 11. The Kier molecular flexibility index (Phi) is 30.3. The number of carbonyl (C=O) groups excluding carboxylic acids is 6. The van der Waals surface area contributed by atoms with Gasteiger partial charge < -0.3 is 28.4 Å². The van der Waals surface area contributed by atoms with Crippen molar-refractivity contribution in [3.8, 4) is 34.5 Å². The molecule has 0 spiro atoms. The predicted octanol–water partition coefficient (Wildman–Crippen LogP) is 34.2. The van der Waals surface area contributed by atoms with Gasteiger partial charge in [-0.1, -0.05) is 69.6 Å². The smallest absolute Gasteiger partial charge is 0.164 e. The first-order valence-electron chi connectivity index (χ1n) is 53.9. The van der Waals surface area contributed by atoms with Crippen LogP contribution in [0.15, 0.2) is 109 Å². The summed E-state index contributed by atoms with van der Waals surface area (Å²) in [6.07, 6.45) is 24.3. The number of Topliss-reactive ketones (excluding diaryl/α,β-unsaturated/α-hetero) is 6.